The van der Waals surface area contributed by atoms with Gasteiger partial charge in [-0.25, -0.2) is 0 Å². The minimum Gasteiger partial charge on any atom is -0.493 e. The predicted octanol–water partition coefficient (Wildman–Crippen LogP) is 4.55. The second-order valence-corrected chi connectivity index (χ2v) is 6.88. The van der Waals surface area contributed by atoms with Gasteiger partial charge in [0.2, 0.25) is 0 Å². The Labute approximate surface area is 172 Å². The number of rotatable bonds is 11. The van der Waals surface area contributed by atoms with E-state index >= 15 is 0 Å². The summed E-state index contributed by atoms with van der Waals surface area (Å²) in [5, 5.41) is 9.84. The van der Waals surface area contributed by atoms with Crippen LogP contribution in [0, 0.1) is 5.92 Å². The first-order valence-electron chi connectivity index (χ1n) is 9.62. The standard InChI is InChI=1S/C23H30O6/c1-6-16(17-8-10-20(27-3)22(14-17)29-5)13-18(23(24)25)11-15-7-9-19(26-2)21(12-15)28-4/h7-10,12,14,16,18H,6,11,13H2,1-5H3,(H,24,25). The number of benzene rings is 2. The molecule has 0 spiro atoms. The Bertz CT molecular complexity index is 817. The van der Waals surface area contributed by atoms with Gasteiger partial charge >= 0.3 is 5.97 Å². The third-order valence-corrected chi connectivity index (χ3v) is 5.22. The molecule has 0 aliphatic rings. The number of aliphatic carboxylic acids is 1. The van der Waals surface area contributed by atoms with Crippen LogP contribution >= 0.6 is 0 Å². The predicted molar refractivity (Wildman–Crippen MR) is 112 cm³/mol. The van der Waals surface area contributed by atoms with Gasteiger partial charge in [0, 0.05) is 0 Å². The van der Waals surface area contributed by atoms with E-state index in [2.05, 4.69) is 6.92 Å². The monoisotopic (exact) mass is 402 g/mol. The van der Waals surface area contributed by atoms with Crippen LogP contribution in [0.15, 0.2) is 36.4 Å². The number of hydrogen-bond donors (Lipinski definition) is 1. The molecule has 0 saturated heterocycles. The van der Waals surface area contributed by atoms with E-state index in [1.54, 1.807) is 34.5 Å². The quantitative estimate of drug-likeness (QED) is 0.594. The van der Waals surface area contributed by atoms with E-state index in [1.165, 1.54) is 0 Å². The van der Waals surface area contributed by atoms with Gasteiger partial charge in [0.05, 0.1) is 34.4 Å². The highest BCUT2D eigenvalue weighted by Crippen LogP contribution is 2.36. The molecule has 0 saturated carbocycles. The fraction of sp³-hybridized carbons (Fsp3) is 0.435. The highest BCUT2D eigenvalue weighted by Gasteiger charge is 2.24. The van der Waals surface area contributed by atoms with Gasteiger partial charge in [-0.1, -0.05) is 19.1 Å². The second kappa shape index (κ2) is 10.6. The van der Waals surface area contributed by atoms with Crippen LogP contribution < -0.4 is 18.9 Å². The van der Waals surface area contributed by atoms with Gasteiger partial charge in [-0.2, -0.15) is 0 Å². The van der Waals surface area contributed by atoms with Crippen LogP contribution in [0.4, 0.5) is 0 Å². The Morgan fingerprint density at radius 3 is 1.93 bits per heavy atom. The Morgan fingerprint density at radius 2 is 1.41 bits per heavy atom. The molecular weight excluding hydrogens is 372 g/mol. The van der Waals surface area contributed by atoms with Gasteiger partial charge in [0.15, 0.2) is 23.0 Å². The molecule has 1 N–H and O–H groups in total. The van der Waals surface area contributed by atoms with Crippen LogP contribution in [-0.4, -0.2) is 39.5 Å². The first-order chi connectivity index (χ1) is 14.0. The van der Waals surface area contributed by atoms with Crippen LogP contribution in [0.1, 0.15) is 36.8 Å². The van der Waals surface area contributed by atoms with Crippen molar-refractivity contribution >= 4 is 5.97 Å². The van der Waals surface area contributed by atoms with Crippen molar-refractivity contribution in [3.05, 3.63) is 47.5 Å². The van der Waals surface area contributed by atoms with Crippen LogP contribution in [0.3, 0.4) is 0 Å². The van der Waals surface area contributed by atoms with Crippen molar-refractivity contribution in [1.29, 1.82) is 0 Å². The lowest BCUT2D eigenvalue weighted by Gasteiger charge is -2.22. The van der Waals surface area contributed by atoms with E-state index in [-0.39, 0.29) is 5.92 Å². The Kier molecular flexibility index (Phi) is 8.19. The normalized spacial score (nSPS) is 12.7. The highest BCUT2D eigenvalue weighted by molar-refractivity contribution is 5.70. The molecule has 2 atom stereocenters. The van der Waals surface area contributed by atoms with E-state index in [0.717, 1.165) is 17.5 Å². The molecule has 2 aromatic carbocycles. The third-order valence-electron chi connectivity index (χ3n) is 5.22. The minimum absolute atomic E-state index is 0.0936. The molecule has 0 aliphatic heterocycles. The highest BCUT2D eigenvalue weighted by atomic mass is 16.5. The number of methoxy groups -OCH3 is 4. The number of carboxylic acids is 1. The molecular formula is C23H30O6. The van der Waals surface area contributed by atoms with E-state index in [4.69, 9.17) is 18.9 Å². The topological polar surface area (TPSA) is 74.2 Å². The van der Waals surface area contributed by atoms with Crippen molar-refractivity contribution in [3.8, 4) is 23.0 Å². The SMILES string of the molecule is CCC(CC(Cc1ccc(OC)c(OC)c1)C(=O)O)c1ccc(OC)c(OC)c1. The average molecular weight is 402 g/mol. The fourth-order valence-corrected chi connectivity index (χ4v) is 3.55. The summed E-state index contributed by atoms with van der Waals surface area (Å²) in [5.74, 6) is 1.29. The smallest absolute Gasteiger partial charge is 0.306 e. The zero-order valence-corrected chi connectivity index (χ0v) is 17.7. The van der Waals surface area contributed by atoms with Gasteiger partial charge in [-0.05, 0) is 60.6 Å². The van der Waals surface area contributed by atoms with Crippen molar-refractivity contribution in [2.45, 2.75) is 32.1 Å². The van der Waals surface area contributed by atoms with Crippen LogP contribution in [0.25, 0.3) is 0 Å². The summed E-state index contributed by atoms with van der Waals surface area (Å²) in [7, 11) is 6.34. The van der Waals surface area contributed by atoms with E-state index in [0.29, 0.717) is 35.8 Å². The number of carboxylic acid groups (broad SMARTS) is 1. The van der Waals surface area contributed by atoms with E-state index in [1.807, 2.05) is 30.3 Å². The summed E-state index contributed by atoms with van der Waals surface area (Å²) in [5.41, 5.74) is 1.95. The first-order valence-corrected chi connectivity index (χ1v) is 9.62. The molecule has 0 radical (unpaired) electrons. The maximum atomic E-state index is 12.0. The summed E-state index contributed by atoms with van der Waals surface area (Å²) >= 11 is 0. The Hall–Kier alpha value is -2.89. The number of hydrogen-bond acceptors (Lipinski definition) is 5. The largest absolute Gasteiger partial charge is 0.493 e. The molecule has 0 fully saturated rings. The maximum absolute atomic E-state index is 12.0. The lowest BCUT2D eigenvalue weighted by Crippen LogP contribution is -2.19. The van der Waals surface area contributed by atoms with Crippen molar-refractivity contribution in [3.63, 3.8) is 0 Å². The van der Waals surface area contributed by atoms with Crippen molar-refractivity contribution in [2.24, 2.45) is 5.92 Å². The molecule has 158 valence electrons. The summed E-state index contributed by atoms with van der Waals surface area (Å²) in [6.45, 7) is 2.07. The van der Waals surface area contributed by atoms with Crippen molar-refractivity contribution in [2.75, 3.05) is 28.4 Å². The summed E-state index contributed by atoms with van der Waals surface area (Å²) in [6, 6.07) is 11.3. The summed E-state index contributed by atoms with van der Waals surface area (Å²) in [6.07, 6.45) is 1.76. The third kappa shape index (κ3) is 5.56. The molecule has 0 aromatic heterocycles. The molecule has 29 heavy (non-hydrogen) atoms. The van der Waals surface area contributed by atoms with Crippen molar-refractivity contribution < 1.29 is 28.8 Å². The Balaban J connectivity index is 2.23. The van der Waals surface area contributed by atoms with E-state index < -0.39 is 11.9 Å². The van der Waals surface area contributed by atoms with E-state index in [9.17, 15) is 9.90 Å². The zero-order valence-electron chi connectivity index (χ0n) is 17.7. The lowest BCUT2D eigenvalue weighted by molar-refractivity contribution is -0.142. The van der Waals surface area contributed by atoms with Gasteiger partial charge in [-0.3, -0.25) is 4.79 Å². The fourth-order valence-electron chi connectivity index (χ4n) is 3.55. The molecule has 6 nitrogen and oxygen atoms in total. The van der Waals surface area contributed by atoms with Gasteiger partial charge < -0.3 is 24.1 Å². The van der Waals surface area contributed by atoms with Crippen LogP contribution in [0.5, 0.6) is 23.0 Å². The molecule has 2 rings (SSSR count). The van der Waals surface area contributed by atoms with Crippen LogP contribution in [0.2, 0.25) is 0 Å². The minimum atomic E-state index is -0.807. The molecule has 0 bridgehead atoms. The molecule has 0 aliphatic carbocycles. The zero-order chi connectivity index (χ0) is 21.4. The lowest BCUT2D eigenvalue weighted by atomic mass is 9.84. The molecule has 6 heteroatoms. The molecule has 0 heterocycles. The molecule has 0 amide bonds. The number of ether oxygens (including phenoxy) is 4. The van der Waals surface area contributed by atoms with Gasteiger partial charge in [0.1, 0.15) is 0 Å². The summed E-state index contributed by atoms with van der Waals surface area (Å²) < 4.78 is 21.3. The average Bonchev–Trinajstić information content (AvgIpc) is 2.75. The van der Waals surface area contributed by atoms with Crippen molar-refractivity contribution in [1.82, 2.24) is 0 Å². The number of carbonyl (C=O) groups is 1. The first kappa shape index (κ1) is 22.4. The maximum Gasteiger partial charge on any atom is 0.306 e. The summed E-state index contributed by atoms with van der Waals surface area (Å²) in [4.78, 5) is 12.0. The molecule has 2 unspecified atom stereocenters. The van der Waals surface area contributed by atoms with Crippen LogP contribution in [-0.2, 0) is 11.2 Å². The Morgan fingerprint density at radius 1 is 0.862 bits per heavy atom. The molecule has 2 aromatic rings. The second-order valence-electron chi connectivity index (χ2n) is 6.88. The van der Waals surface area contributed by atoms with Gasteiger partial charge in [-0.15, -0.1) is 0 Å². The van der Waals surface area contributed by atoms with Gasteiger partial charge in [0.25, 0.3) is 0 Å².